The molecule has 10 heteroatoms. The lowest BCUT2D eigenvalue weighted by Crippen LogP contribution is -2.54. The summed E-state index contributed by atoms with van der Waals surface area (Å²) in [6.07, 6.45) is -11.5. The molecule has 47 heavy (non-hydrogen) atoms. The Morgan fingerprint density at radius 2 is 0.702 bits per heavy atom. The van der Waals surface area contributed by atoms with Crippen molar-refractivity contribution < 1.29 is 46.0 Å². The zero-order chi connectivity index (χ0) is 34.7. The van der Waals surface area contributed by atoms with Crippen LogP contribution in [0.4, 0.5) is 26.3 Å². The third kappa shape index (κ3) is 8.68. The Labute approximate surface area is 268 Å². The zero-order valence-corrected chi connectivity index (χ0v) is 25.7. The normalized spacial score (nSPS) is 12.3. The smallest absolute Gasteiger partial charge is 0.411 e. The van der Waals surface area contributed by atoms with Crippen molar-refractivity contribution in [2.24, 2.45) is 0 Å². The van der Waals surface area contributed by atoms with Crippen molar-refractivity contribution in [1.82, 2.24) is 0 Å². The van der Waals surface area contributed by atoms with E-state index in [9.17, 15) is 36.6 Å². The van der Waals surface area contributed by atoms with Gasteiger partial charge in [-0.15, -0.1) is 0 Å². The molecule has 0 atom stereocenters. The van der Waals surface area contributed by atoms with E-state index in [4.69, 9.17) is 9.47 Å². The molecule has 0 unspecified atom stereocenters. The molecule has 0 radical (unpaired) electrons. The fourth-order valence-electron chi connectivity index (χ4n) is 4.46. The Balaban J connectivity index is 1.60. The van der Waals surface area contributed by atoms with Gasteiger partial charge in [-0.2, -0.15) is 26.3 Å². The first kappa shape index (κ1) is 35.0. The van der Waals surface area contributed by atoms with Gasteiger partial charge >= 0.3 is 12.4 Å². The van der Waals surface area contributed by atoms with Gasteiger partial charge in [0.15, 0.2) is 0 Å². The van der Waals surface area contributed by atoms with Crippen LogP contribution < -0.4 is 9.47 Å². The summed E-state index contributed by atoms with van der Waals surface area (Å²) in [5.74, 6) is 11.4. The number of hydrogen-bond donors (Lipinski definition) is 2. The maximum Gasteiger partial charge on any atom is 0.411 e. The van der Waals surface area contributed by atoms with Gasteiger partial charge in [-0.1, -0.05) is 47.9 Å². The molecule has 244 valence electrons. The summed E-state index contributed by atoms with van der Waals surface area (Å²) in [5.41, 5.74) is -7.69. The Kier molecular flexibility index (Phi) is 9.73. The van der Waals surface area contributed by atoms with Gasteiger partial charge in [-0.25, -0.2) is 0 Å². The number of ether oxygens (including phenoxy) is 2. The Hall–Kier alpha value is -4.90. The fraction of sp³-hybridized carbons (Fsp3) is 0.243. The summed E-state index contributed by atoms with van der Waals surface area (Å²) in [5, 5.41) is 19.5. The highest BCUT2D eigenvalue weighted by Gasteiger charge is 2.72. The van der Waals surface area contributed by atoms with Crippen molar-refractivity contribution in [2.45, 2.75) is 56.7 Å². The van der Waals surface area contributed by atoms with Crippen molar-refractivity contribution in [2.75, 3.05) is 0 Å². The molecule has 0 saturated heterocycles. The molecular weight excluding hydrogens is 622 g/mol. The molecular formula is C37H30F6O4. The highest BCUT2D eigenvalue weighted by Crippen LogP contribution is 2.56. The van der Waals surface area contributed by atoms with E-state index in [1.165, 1.54) is 52.0 Å². The molecule has 0 heterocycles. The van der Waals surface area contributed by atoms with Crippen LogP contribution in [0.5, 0.6) is 23.0 Å². The average molecular weight is 653 g/mol. The van der Waals surface area contributed by atoms with Crippen molar-refractivity contribution in [3.05, 3.63) is 119 Å². The van der Waals surface area contributed by atoms with Crippen molar-refractivity contribution in [1.29, 1.82) is 0 Å². The van der Waals surface area contributed by atoms with Crippen LogP contribution >= 0.6 is 0 Å². The molecule has 4 aromatic rings. The molecule has 0 aromatic heterocycles. The molecule has 4 rings (SSSR count). The van der Waals surface area contributed by atoms with Crippen LogP contribution in [0.3, 0.4) is 0 Å². The molecule has 2 N–H and O–H groups in total. The maximum atomic E-state index is 14.7. The van der Waals surface area contributed by atoms with Crippen LogP contribution in [0.1, 0.15) is 49.9 Å². The second kappa shape index (κ2) is 13.1. The molecule has 0 bridgehead atoms. The second-order valence-electron chi connectivity index (χ2n) is 11.7. The number of hydrogen-bond acceptors (Lipinski definition) is 4. The average Bonchev–Trinajstić information content (AvgIpc) is 2.96. The largest absolute Gasteiger partial charge is 0.457 e. The molecule has 0 saturated carbocycles. The van der Waals surface area contributed by atoms with E-state index in [0.717, 1.165) is 48.5 Å². The number of benzene rings is 4. The number of halogens is 6. The molecule has 0 aliphatic carbocycles. The molecule has 0 aliphatic rings. The highest BCUT2D eigenvalue weighted by atomic mass is 19.4. The van der Waals surface area contributed by atoms with Crippen LogP contribution in [-0.4, -0.2) is 33.8 Å². The van der Waals surface area contributed by atoms with E-state index in [1.807, 2.05) is 0 Å². The lowest BCUT2D eigenvalue weighted by molar-refractivity contribution is -0.288. The van der Waals surface area contributed by atoms with Gasteiger partial charge in [0.25, 0.3) is 0 Å². The summed E-state index contributed by atoms with van der Waals surface area (Å²) >= 11 is 0. The lowest BCUT2D eigenvalue weighted by Gasteiger charge is -2.38. The van der Waals surface area contributed by atoms with Gasteiger partial charge in [-0.05, 0) is 112 Å². The summed E-state index contributed by atoms with van der Waals surface area (Å²) in [6, 6.07) is 19.6. The van der Waals surface area contributed by atoms with E-state index >= 15 is 0 Å². The monoisotopic (exact) mass is 652 g/mol. The van der Waals surface area contributed by atoms with E-state index < -0.39 is 40.1 Å². The van der Waals surface area contributed by atoms with Gasteiger partial charge in [0.05, 0.1) is 0 Å². The third-order valence-electron chi connectivity index (χ3n) is 6.63. The van der Waals surface area contributed by atoms with Gasteiger partial charge in [-0.3, -0.25) is 0 Å². The first-order valence-electron chi connectivity index (χ1n) is 14.2. The highest BCUT2D eigenvalue weighted by molar-refractivity contribution is 5.49. The van der Waals surface area contributed by atoms with Crippen LogP contribution in [0, 0.1) is 23.7 Å². The summed E-state index contributed by atoms with van der Waals surface area (Å²) in [6.45, 7) is 6.10. The molecule has 4 aromatic carbocycles. The van der Waals surface area contributed by atoms with Crippen LogP contribution in [0.15, 0.2) is 97.1 Å². The predicted octanol–water partition coefficient (Wildman–Crippen LogP) is 8.93. The van der Waals surface area contributed by atoms with Crippen LogP contribution in [-0.2, 0) is 5.41 Å². The van der Waals surface area contributed by atoms with Crippen LogP contribution in [0.2, 0.25) is 0 Å². The third-order valence-corrected chi connectivity index (χ3v) is 6.63. The van der Waals surface area contributed by atoms with Crippen molar-refractivity contribution in [3.8, 4) is 46.7 Å². The lowest BCUT2D eigenvalue weighted by atomic mass is 9.73. The predicted molar refractivity (Wildman–Crippen MR) is 165 cm³/mol. The van der Waals surface area contributed by atoms with E-state index in [0.29, 0.717) is 11.1 Å². The quantitative estimate of drug-likeness (QED) is 0.161. The molecule has 0 aliphatic heterocycles. The molecule has 4 nitrogen and oxygen atoms in total. The second-order valence-corrected chi connectivity index (χ2v) is 11.7. The van der Waals surface area contributed by atoms with Gasteiger partial charge in [0.1, 0.15) is 34.2 Å². The number of aliphatic hydroxyl groups is 2. The Morgan fingerprint density at radius 3 is 0.936 bits per heavy atom. The van der Waals surface area contributed by atoms with Gasteiger partial charge in [0, 0.05) is 11.1 Å². The summed E-state index contributed by atoms with van der Waals surface area (Å²) in [4.78, 5) is 0. The maximum absolute atomic E-state index is 14.7. The molecule has 0 spiro atoms. The minimum absolute atomic E-state index is 0.0168. The SMILES string of the molecule is CC(C)(O)C#Cc1ccc(Oc2ccc(C(c3ccc(Oc4ccc(C#CC(C)(C)O)cc4)cc3)(C(F)(F)F)C(F)(F)F)cc2)cc1. The molecule has 0 fully saturated rings. The van der Waals surface area contributed by atoms with Gasteiger partial charge in [0.2, 0.25) is 5.41 Å². The Bertz CT molecular complexity index is 1650. The summed E-state index contributed by atoms with van der Waals surface area (Å²) < 4.78 is 99.2. The topological polar surface area (TPSA) is 58.9 Å². The summed E-state index contributed by atoms with van der Waals surface area (Å²) in [7, 11) is 0. The standard InChI is InChI=1S/C37H30F6O4/c1-33(2,44)23-21-25-5-13-29(14-6-25)46-31-17-9-27(10-18-31)35(36(38,39)40,37(41,42)43)28-11-19-32(20-12-28)47-30-15-7-26(8-16-30)22-24-34(3,4)45/h5-20,44-45H,1-4H3. The van der Waals surface area contributed by atoms with Crippen molar-refractivity contribution >= 4 is 0 Å². The van der Waals surface area contributed by atoms with Gasteiger partial charge < -0.3 is 19.7 Å². The van der Waals surface area contributed by atoms with E-state index in [2.05, 4.69) is 23.7 Å². The van der Waals surface area contributed by atoms with Crippen molar-refractivity contribution in [3.63, 3.8) is 0 Å². The molecule has 0 amide bonds. The van der Waals surface area contributed by atoms with E-state index in [-0.39, 0.29) is 23.0 Å². The minimum Gasteiger partial charge on any atom is -0.457 e. The Morgan fingerprint density at radius 1 is 0.447 bits per heavy atom. The minimum atomic E-state index is -5.77. The first-order valence-corrected chi connectivity index (χ1v) is 14.2. The fourth-order valence-corrected chi connectivity index (χ4v) is 4.46. The van der Waals surface area contributed by atoms with E-state index in [1.54, 1.807) is 24.3 Å². The first-order chi connectivity index (χ1) is 21.8. The number of rotatable bonds is 6. The zero-order valence-electron chi connectivity index (χ0n) is 25.7. The number of alkyl halides is 6. The van der Waals surface area contributed by atoms with Crippen LogP contribution in [0.25, 0.3) is 0 Å².